The molecule has 0 saturated heterocycles. The first-order valence-electron chi connectivity index (χ1n) is 11.7. The van der Waals surface area contributed by atoms with Gasteiger partial charge in [0.1, 0.15) is 0 Å². The van der Waals surface area contributed by atoms with E-state index in [1.807, 2.05) is 0 Å². The molecule has 2 unspecified atom stereocenters. The molecule has 1 rings (SSSR count). The molecule has 0 radical (unpaired) electrons. The van der Waals surface area contributed by atoms with Crippen LogP contribution in [0.5, 0.6) is 0 Å². The monoisotopic (exact) mass is 457 g/mol. The summed E-state index contributed by atoms with van der Waals surface area (Å²) < 4.78 is 29.3. The van der Waals surface area contributed by atoms with E-state index in [4.69, 9.17) is 13.6 Å². The first-order chi connectivity index (χ1) is 14.9. The molecule has 0 aliphatic rings. The van der Waals surface area contributed by atoms with Crippen LogP contribution in [0.3, 0.4) is 0 Å². The maximum absolute atomic E-state index is 12.9. The van der Waals surface area contributed by atoms with Crippen molar-refractivity contribution in [3.05, 3.63) is 39.9 Å². The molecule has 0 fully saturated rings. The summed E-state index contributed by atoms with van der Waals surface area (Å²) in [6.07, 6.45) is 12.2. The number of hydrogen-bond acceptors (Lipinski definition) is 6. The summed E-state index contributed by atoms with van der Waals surface area (Å²) in [7, 11) is -3.62. The molecule has 0 aromatic heterocycles. The van der Waals surface area contributed by atoms with E-state index in [0.29, 0.717) is 13.0 Å². The molecule has 0 amide bonds. The van der Waals surface area contributed by atoms with Gasteiger partial charge in [-0.2, -0.15) is 0 Å². The van der Waals surface area contributed by atoms with Crippen LogP contribution in [-0.4, -0.2) is 24.2 Å². The molecule has 8 heteroatoms. The van der Waals surface area contributed by atoms with E-state index in [1.54, 1.807) is 26.0 Å². The standard InChI is InChI=1S/C23H40NO6P/c1-4-6-7-8-9-10-11-12-13-14-19-29-31(27,28-5-2)30-21(3)20-22-15-17-23(18-16-22)24(25)26/h15-18,21H,4-14,19-20H2,1-3H3. The molecule has 0 heterocycles. The molecule has 0 N–H and O–H groups in total. The zero-order valence-electron chi connectivity index (χ0n) is 19.4. The second kappa shape index (κ2) is 16.4. The predicted molar refractivity (Wildman–Crippen MR) is 124 cm³/mol. The van der Waals surface area contributed by atoms with Crippen LogP contribution in [0, 0.1) is 10.1 Å². The molecule has 0 bridgehead atoms. The van der Waals surface area contributed by atoms with E-state index in [9.17, 15) is 14.7 Å². The predicted octanol–water partition coefficient (Wildman–Crippen LogP) is 7.62. The number of unbranched alkanes of at least 4 members (excludes halogenated alkanes) is 9. The van der Waals surface area contributed by atoms with Gasteiger partial charge < -0.3 is 0 Å². The van der Waals surface area contributed by atoms with Crippen LogP contribution in [0.25, 0.3) is 0 Å². The zero-order chi connectivity index (χ0) is 23.0. The average molecular weight is 458 g/mol. The first-order valence-corrected chi connectivity index (χ1v) is 13.2. The molecule has 0 aliphatic carbocycles. The number of phosphoric ester groups is 1. The van der Waals surface area contributed by atoms with E-state index in [-0.39, 0.29) is 12.3 Å². The Morgan fingerprint density at radius 3 is 1.97 bits per heavy atom. The number of hydrogen-bond donors (Lipinski definition) is 0. The number of nitro groups is 1. The van der Waals surface area contributed by atoms with Crippen LogP contribution >= 0.6 is 7.82 Å². The van der Waals surface area contributed by atoms with Gasteiger partial charge in [-0.25, -0.2) is 4.57 Å². The van der Waals surface area contributed by atoms with Gasteiger partial charge in [0.15, 0.2) is 0 Å². The van der Waals surface area contributed by atoms with Gasteiger partial charge in [-0.05, 0) is 32.3 Å². The van der Waals surface area contributed by atoms with E-state index in [1.165, 1.54) is 57.1 Å². The lowest BCUT2D eigenvalue weighted by molar-refractivity contribution is -0.384. The molecule has 0 saturated carbocycles. The van der Waals surface area contributed by atoms with Crippen LogP contribution in [0.4, 0.5) is 5.69 Å². The molecule has 1 aromatic carbocycles. The Bertz CT molecular complexity index is 652. The minimum Gasteiger partial charge on any atom is -0.287 e. The lowest BCUT2D eigenvalue weighted by Gasteiger charge is -2.21. The summed E-state index contributed by atoms with van der Waals surface area (Å²) in [5, 5.41) is 10.8. The summed E-state index contributed by atoms with van der Waals surface area (Å²) in [6.45, 7) is 6.35. The molecule has 178 valence electrons. The minimum absolute atomic E-state index is 0.0390. The number of non-ortho nitro benzene ring substituents is 1. The molecule has 0 aliphatic heterocycles. The summed E-state index contributed by atoms with van der Waals surface area (Å²) in [6, 6.07) is 6.25. The number of benzene rings is 1. The Kier molecular flexibility index (Phi) is 14.7. The summed E-state index contributed by atoms with van der Waals surface area (Å²) >= 11 is 0. The fourth-order valence-corrected chi connectivity index (χ4v) is 4.75. The van der Waals surface area contributed by atoms with Crippen molar-refractivity contribution < 1.29 is 23.1 Å². The highest BCUT2D eigenvalue weighted by atomic mass is 31.2. The van der Waals surface area contributed by atoms with Crippen molar-refractivity contribution in [2.24, 2.45) is 0 Å². The topological polar surface area (TPSA) is 87.9 Å². The smallest absolute Gasteiger partial charge is 0.287 e. The Morgan fingerprint density at radius 1 is 0.903 bits per heavy atom. The number of rotatable bonds is 19. The number of nitrogens with zero attached hydrogens (tertiary/aromatic N) is 1. The third-order valence-electron chi connectivity index (χ3n) is 5.01. The molecule has 2 atom stereocenters. The van der Waals surface area contributed by atoms with Crippen molar-refractivity contribution >= 4 is 13.5 Å². The molecule has 0 spiro atoms. The van der Waals surface area contributed by atoms with E-state index in [2.05, 4.69) is 6.92 Å². The normalized spacial score (nSPS) is 14.3. The highest BCUT2D eigenvalue weighted by Crippen LogP contribution is 2.50. The third-order valence-corrected chi connectivity index (χ3v) is 6.71. The van der Waals surface area contributed by atoms with Gasteiger partial charge in [0, 0.05) is 12.1 Å². The fraction of sp³-hybridized carbons (Fsp3) is 0.739. The van der Waals surface area contributed by atoms with Gasteiger partial charge in [0.2, 0.25) is 0 Å². The Hall–Kier alpha value is -1.27. The van der Waals surface area contributed by atoms with E-state index >= 15 is 0 Å². The summed E-state index contributed by atoms with van der Waals surface area (Å²) in [5.41, 5.74) is 0.896. The van der Waals surface area contributed by atoms with Gasteiger partial charge in [0.05, 0.1) is 24.2 Å². The number of nitro benzene ring substituents is 1. The average Bonchev–Trinajstić information content (AvgIpc) is 2.72. The second-order valence-corrected chi connectivity index (χ2v) is 9.55. The molecule has 31 heavy (non-hydrogen) atoms. The van der Waals surface area contributed by atoms with E-state index in [0.717, 1.165) is 24.8 Å². The SMILES string of the molecule is CCCCCCCCCCCCOP(=O)(OCC)OC(C)Cc1ccc([N+](=O)[O-])cc1. The van der Waals surface area contributed by atoms with Crippen molar-refractivity contribution in [2.45, 2.75) is 97.5 Å². The summed E-state index contributed by atoms with van der Waals surface area (Å²) in [5.74, 6) is 0. The third kappa shape index (κ3) is 13.0. The van der Waals surface area contributed by atoms with E-state index < -0.39 is 18.8 Å². The summed E-state index contributed by atoms with van der Waals surface area (Å²) in [4.78, 5) is 10.3. The molecule has 7 nitrogen and oxygen atoms in total. The highest BCUT2D eigenvalue weighted by Gasteiger charge is 2.28. The van der Waals surface area contributed by atoms with Gasteiger partial charge in [-0.15, -0.1) is 0 Å². The Labute approximate surface area is 187 Å². The molecular weight excluding hydrogens is 417 g/mol. The van der Waals surface area contributed by atoms with Gasteiger partial charge in [-0.1, -0.05) is 76.8 Å². The first kappa shape index (κ1) is 27.8. The van der Waals surface area contributed by atoms with Crippen LogP contribution in [0.15, 0.2) is 24.3 Å². The van der Waals surface area contributed by atoms with Gasteiger partial charge >= 0.3 is 7.82 Å². The van der Waals surface area contributed by atoms with Crippen LogP contribution in [0.1, 0.15) is 90.5 Å². The maximum Gasteiger partial charge on any atom is 0.475 e. The Morgan fingerprint density at radius 2 is 1.45 bits per heavy atom. The highest BCUT2D eigenvalue weighted by molar-refractivity contribution is 7.48. The Balaban J connectivity index is 2.28. The minimum atomic E-state index is -3.62. The molecular formula is C23H40NO6P. The maximum atomic E-state index is 12.9. The quantitative estimate of drug-likeness (QED) is 0.0918. The number of phosphoric acid groups is 1. The largest absolute Gasteiger partial charge is 0.475 e. The van der Waals surface area contributed by atoms with Gasteiger partial charge in [-0.3, -0.25) is 23.7 Å². The lowest BCUT2D eigenvalue weighted by Crippen LogP contribution is -2.13. The van der Waals surface area contributed by atoms with Crippen molar-refractivity contribution in [3.63, 3.8) is 0 Å². The van der Waals surface area contributed by atoms with Crippen molar-refractivity contribution in [2.75, 3.05) is 13.2 Å². The van der Waals surface area contributed by atoms with Crippen LogP contribution in [-0.2, 0) is 24.6 Å². The lowest BCUT2D eigenvalue weighted by atomic mass is 10.1. The van der Waals surface area contributed by atoms with Crippen molar-refractivity contribution in [3.8, 4) is 0 Å². The van der Waals surface area contributed by atoms with Crippen molar-refractivity contribution in [1.82, 2.24) is 0 Å². The van der Waals surface area contributed by atoms with Crippen LogP contribution in [0.2, 0.25) is 0 Å². The van der Waals surface area contributed by atoms with Crippen LogP contribution < -0.4 is 0 Å². The fourth-order valence-electron chi connectivity index (χ4n) is 3.37. The zero-order valence-corrected chi connectivity index (χ0v) is 20.3. The van der Waals surface area contributed by atoms with Crippen molar-refractivity contribution in [1.29, 1.82) is 0 Å². The van der Waals surface area contributed by atoms with Gasteiger partial charge in [0.25, 0.3) is 5.69 Å². The second-order valence-electron chi connectivity index (χ2n) is 7.92. The molecule has 1 aromatic rings.